The highest BCUT2D eigenvalue weighted by atomic mass is 19.1. The molecule has 5 rings (SSSR count). The van der Waals surface area contributed by atoms with Crippen molar-refractivity contribution in [3.63, 3.8) is 0 Å². The summed E-state index contributed by atoms with van der Waals surface area (Å²) in [6.07, 6.45) is 3.95. The first-order chi connectivity index (χ1) is 14.4. The lowest BCUT2D eigenvalue weighted by Gasteiger charge is -2.38. The van der Waals surface area contributed by atoms with Gasteiger partial charge in [-0.15, -0.1) is 0 Å². The van der Waals surface area contributed by atoms with Gasteiger partial charge in [-0.3, -0.25) is 14.4 Å². The molecule has 2 aliphatic heterocycles. The molecule has 3 atom stereocenters. The standard InChI is InChI=1S/C21H19F2N3O4/c22-12-3-1-11(14(23)7-12)8-24-20(29)13-9-26-15-4-2-10-5-6-25(16(10)15)21(30)17(26)19(28)18(13)27/h1,3,7,9-10,15-16,28H,2,4-6,8H2,(H,24,29). The highest BCUT2D eigenvalue weighted by Crippen LogP contribution is 2.48. The highest BCUT2D eigenvalue weighted by Gasteiger charge is 2.51. The molecule has 3 unspecified atom stereocenters. The number of benzene rings is 1. The highest BCUT2D eigenvalue weighted by molar-refractivity contribution is 5.99. The van der Waals surface area contributed by atoms with Gasteiger partial charge in [0, 0.05) is 30.9 Å². The summed E-state index contributed by atoms with van der Waals surface area (Å²) in [5, 5.41) is 12.9. The Morgan fingerprint density at radius 1 is 1.20 bits per heavy atom. The van der Waals surface area contributed by atoms with Gasteiger partial charge < -0.3 is 19.9 Å². The monoisotopic (exact) mass is 415 g/mol. The van der Waals surface area contributed by atoms with Gasteiger partial charge in [0.1, 0.15) is 17.2 Å². The minimum atomic E-state index is -0.945. The van der Waals surface area contributed by atoms with E-state index < -0.39 is 34.6 Å². The Bertz CT molecular complexity index is 1150. The largest absolute Gasteiger partial charge is 0.503 e. The van der Waals surface area contributed by atoms with Crippen molar-refractivity contribution in [2.75, 3.05) is 6.54 Å². The molecule has 0 spiro atoms. The number of carbonyl (C=O) groups excluding carboxylic acids is 2. The summed E-state index contributed by atoms with van der Waals surface area (Å²) in [4.78, 5) is 39.9. The maximum Gasteiger partial charge on any atom is 0.274 e. The predicted molar refractivity (Wildman–Crippen MR) is 101 cm³/mol. The molecule has 1 aliphatic carbocycles. The molecule has 30 heavy (non-hydrogen) atoms. The summed E-state index contributed by atoms with van der Waals surface area (Å²) in [5.41, 5.74) is -1.28. The van der Waals surface area contributed by atoms with Gasteiger partial charge >= 0.3 is 0 Å². The van der Waals surface area contributed by atoms with Gasteiger partial charge in [0.25, 0.3) is 11.8 Å². The fourth-order valence-corrected chi connectivity index (χ4v) is 5.14. The van der Waals surface area contributed by atoms with E-state index in [0.717, 1.165) is 25.3 Å². The van der Waals surface area contributed by atoms with E-state index in [-0.39, 0.29) is 35.4 Å². The van der Waals surface area contributed by atoms with Crippen LogP contribution in [0.4, 0.5) is 8.78 Å². The Morgan fingerprint density at radius 2 is 2.00 bits per heavy atom. The third kappa shape index (κ3) is 2.64. The normalized spacial score (nSPS) is 24.0. The van der Waals surface area contributed by atoms with Crippen LogP contribution in [-0.2, 0) is 6.54 Å². The van der Waals surface area contributed by atoms with Crippen molar-refractivity contribution in [3.05, 3.63) is 63.1 Å². The molecule has 3 aliphatic rings. The van der Waals surface area contributed by atoms with E-state index in [0.29, 0.717) is 18.5 Å². The molecule has 1 aromatic heterocycles. The van der Waals surface area contributed by atoms with E-state index in [9.17, 15) is 28.3 Å². The topological polar surface area (TPSA) is 91.6 Å². The number of carbonyl (C=O) groups is 2. The summed E-state index contributed by atoms with van der Waals surface area (Å²) in [7, 11) is 0. The van der Waals surface area contributed by atoms with E-state index in [1.807, 2.05) is 0 Å². The zero-order valence-electron chi connectivity index (χ0n) is 15.9. The van der Waals surface area contributed by atoms with Crippen molar-refractivity contribution >= 4 is 11.8 Å². The molecule has 1 aromatic carbocycles. The fourth-order valence-electron chi connectivity index (χ4n) is 5.14. The van der Waals surface area contributed by atoms with E-state index in [2.05, 4.69) is 5.32 Å². The number of amides is 2. The molecule has 1 saturated heterocycles. The number of rotatable bonds is 3. The van der Waals surface area contributed by atoms with Crippen LogP contribution in [0.25, 0.3) is 0 Å². The molecule has 2 aromatic rings. The zero-order chi connectivity index (χ0) is 21.2. The Balaban J connectivity index is 1.49. The van der Waals surface area contributed by atoms with Crippen LogP contribution in [0, 0.1) is 17.6 Å². The van der Waals surface area contributed by atoms with E-state index in [1.165, 1.54) is 12.3 Å². The van der Waals surface area contributed by atoms with Crippen LogP contribution in [0.5, 0.6) is 5.75 Å². The second-order valence-corrected chi connectivity index (χ2v) is 8.08. The average molecular weight is 415 g/mol. The summed E-state index contributed by atoms with van der Waals surface area (Å²) in [6, 6.07) is 2.89. The number of hydrogen-bond donors (Lipinski definition) is 2. The van der Waals surface area contributed by atoms with Gasteiger partial charge in [0.2, 0.25) is 5.43 Å². The lowest BCUT2D eigenvalue weighted by molar-refractivity contribution is 0.0609. The van der Waals surface area contributed by atoms with E-state index >= 15 is 0 Å². The lowest BCUT2D eigenvalue weighted by Crippen LogP contribution is -2.48. The molecule has 7 nitrogen and oxygen atoms in total. The maximum atomic E-state index is 13.8. The number of halogens is 2. The average Bonchev–Trinajstić information content (AvgIpc) is 3.31. The Kier molecular flexibility index (Phi) is 4.16. The lowest BCUT2D eigenvalue weighted by atomic mass is 9.99. The number of aromatic nitrogens is 1. The molecule has 1 saturated carbocycles. The number of hydrogen-bond acceptors (Lipinski definition) is 4. The van der Waals surface area contributed by atoms with E-state index in [4.69, 9.17) is 0 Å². The van der Waals surface area contributed by atoms with Crippen molar-refractivity contribution in [1.29, 1.82) is 0 Å². The predicted octanol–water partition coefficient (Wildman–Crippen LogP) is 1.94. The molecule has 3 heterocycles. The molecule has 2 fully saturated rings. The third-order valence-electron chi connectivity index (χ3n) is 6.54. The second kappa shape index (κ2) is 6.65. The zero-order valence-corrected chi connectivity index (χ0v) is 15.9. The van der Waals surface area contributed by atoms with Crippen LogP contribution in [0.2, 0.25) is 0 Å². The third-order valence-corrected chi connectivity index (χ3v) is 6.54. The second-order valence-electron chi connectivity index (χ2n) is 8.08. The van der Waals surface area contributed by atoms with Crippen molar-refractivity contribution in [3.8, 4) is 5.75 Å². The SMILES string of the molecule is O=C(NCc1ccc(F)cc1F)c1cn2c(c(O)c1=O)C(=O)N1CCC3CCC2C31. The number of fused-ring (bicyclic) bond motifs is 2. The summed E-state index contributed by atoms with van der Waals surface area (Å²) in [5.74, 6) is -3.10. The molecule has 0 bridgehead atoms. The Morgan fingerprint density at radius 3 is 2.77 bits per heavy atom. The van der Waals surface area contributed by atoms with E-state index in [1.54, 1.807) is 9.47 Å². The quantitative estimate of drug-likeness (QED) is 0.802. The Hall–Kier alpha value is -3.23. The first-order valence-electron chi connectivity index (χ1n) is 9.88. The fraction of sp³-hybridized carbons (Fsp3) is 0.381. The molecule has 0 radical (unpaired) electrons. The number of nitrogens with one attached hydrogen (secondary N) is 1. The van der Waals surface area contributed by atoms with Crippen molar-refractivity contribution in [1.82, 2.24) is 14.8 Å². The van der Waals surface area contributed by atoms with Gasteiger partial charge in [0.15, 0.2) is 11.4 Å². The molecule has 156 valence electrons. The van der Waals surface area contributed by atoms with Gasteiger partial charge in [-0.2, -0.15) is 0 Å². The van der Waals surface area contributed by atoms with Gasteiger partial charge in [0.05, 0.1) is 12.1 Å². The molecule has 2 N–H and O–H groups in total. The van der Waals surface area contributed by atoms with Crippen LogP contribution in [-0.4, -0.2) is 39.0 Å². The molecule has 9 heteroatoms. The Labute approximate surface area is 169 Å². The van der Waals surface area contributed by atoms with Crippen LogP contribution in [0.3, 0.4) is 0 Å². The number of pyridine rings is 1. The summed E-state index contributed by atoms with van der Waals surface area (Å²) >= 11 is 0. The van der Waals surface area contributed by atoms with Crippen molar-refractivity contribution in [2.24, 2.45) is 5.92 Å². The maximum absolute atomic E-state index is 13.8. The van der Waals surface area contributed by atoms with Gasteiger partial charge in [-0.25, -0.2) is 8.78 Å². The van der Waals surface area contributed by atoms with Gasteiger partial charge in [-0.05, 0) is 31.2 Å². The van der Waals surface area contributed by atoms with Crippen molar-refractivity contribution in [2.45, 2.75) is 37.9 Å². The molecule has 2 amide bonds. The van der Waals surface area contributed by atoms with Crippen LogP contribution >= 0.6 is 0 Å². The first-order valence-corrected chi connectivity index (χ1v) is 9.88. The minimum Gasteiger partial charge on any atom is -0.503 e. The number of aromatic hydroxyl groups is 1. The van der Waals surface area contributed by atoms with Crippen LogP contribution in [0.1, 0.15) is 51.7 Å². The van der Waals surface area contributed by atoms with Crippen LogP contribution < -0.4 is 10.7 Å². The molecular weight excluding hydrogens is 396 g/mol. The van der Waals surface area contributed by atoms with Gasteiger partial charge in [-0.1, -0.05) is 6.07 Å². The number of nitrogens with zero attached hydrogens (tertiary/aromatic N) is 2. The molecular formula is C21H19F2N3O4. The minimum absolute atomic E-state index is 0.0103. The summed E-state index contributed by atoms with van der Waals surface area (Å²) < 4.78 is 28.4. The van der Waals surface area contributed by atoms with Crippen LogP contribution in [0.15, 0.2) is 29.2 Å². The smallest absolute Gasteiger partial charge is 0.274 e. The summed E-state index contributed by atoms with van der Waals surface area (Å²) in [6.45, 7) is 0.345. The first kappa shape index (κ1) is 18.8. The van der Waals surface area contributed by atoms with Crippen molar-refractivity contribution < 1.29 is 23.5 Å².